The molecule has 1 aliphatic rings. The third-order valence-electron chi connectivity index (χ3n) is 8.91. The number of nitrogens with zero attached hydrogens (tertiary/aromatic N) is 1. The van der Waals surface area contributed by atoms with Gasteiger partial charge in [0.15, 0.2) is 17.3 Å². The van der Waals surface area contributed by atoms with Gasteiger partial charge in [-0.1, -0.05) is 93.9 Å². The van der Waals surface area contributed by atoms with Crippen LogP contribution in [0, 0.1) is 5.41 Å². The lowest BCUT2D eigenvalue weighted by atomic mass is 9.76. The molecule has 5 rings (SSSR count). The van der Waals surface area contributed by atoms with Gasteiger partial charge in [0, 0.05) is 35.8 Å². The van der Waals surface area contributed by atoms with Gasteiger partial charge in [-0.05, 0) is 61.8 Å². The number of rotatable bonds is 12. The molecule has 0 bridgehead atoms. The number of carbonyl (C=O) groups is 2. The zero-order chi connectivity index (χ0) is 32.4. The number of ketones is 2. The molecule has 0 radical (unpaired) electrons. The Balaban J connectivity index is 1.32. The lowest BCUT2D eigenvalue weighted by Crippen LogP contribution is -2.47. The first kappa shape index (κ1) is 32.0. The summed E-state index contributed by atoms with van der Waals surface area (Å²) in [6, 6.07) is 26.3. The summed E-state index contributed by atoms with van der Waals surface area (Å²) in [5, 5.41) is 10.8. The summed E-state index contributed by atoms with van der Waals surface area (Å²) in [6.45, 7) is 13.5. The van der Waals surface area contributed by atoms with Crippen molar-refractivity contribution in [1.82, 2.24) is 4.90 Å². The van der Waals surface area contributed by atoms with E-state index in [1.807, 2.05) is 24.3 Å². The van der Waals surface area contributed by atoms with Crippen molar-refractivity contribution >= 4 is 17.3 Å². The lowest BCUT2D eigenvalue weighted by molar-refractivity contribution is 0.0621. The Hall–Kier alpha value is -4.42. The fourth-order valence-electron chi connectivity index (χ4n) is 6.92. The van der Waals surface area contributed by atoms with Crippen LogP contribution in [-0.2, 0) is 13.0 Å². The molecule has 0 spiro atoms. The number of nitrogens with two attached hydrogens (primary N) is 1. The molecule has 0 amide bonds. The van der Waals surface area contributed by atoms with Crippen molar-refractivity contribution in [2.24, 2.45) is 5.41 Å². The predicted octanol–water partition coefficient (Wildman–Crippen LogP) is 8.58. The highest BCUT2D eigenvalue weighted by molar-refractivity contribution is 6.31. The molecule has 45 heavy (non-hydrogen) atoms. The zero-order valence-corrected chi connectivity index (χ0v) is 27.0. The molecule has 0 unspecified atom stereocenters. The summed E-state index contributed by atoms with van der Waals surface area (Å²) in [5.41, 5.74) is 9.57. The molecule has 0 fully saturated rings. The summed E-state index contributed by atoms with van der Waals surface area (Å²) in [6.07, 6.45) is 4.33. The fourth-order valence-corrected chi connectivity index (χ4v) is 6.92. The van der Waals surface area contributed by atoms with Gasteiger partial charge in [0.1, 0.15) is 11.5 Å². The second-order valence-electron chi connectivity index (χ2n) is 13.6. The number of phenols is 1. The Kier molecular flexibility index (Phi) is 9.17. The molecule has 1 aliphatic carbocycles. The maximum Gasteiger partial charge on any atom is 0.198 e. The minimum atomic E-state index is -0.432. The summed E-state index contributed by atoms with van der Waals surface area (Å²) in [5.74, 6) is -0.525. The highest BCUT2D eigenvalue weighted by Crippen LogP contribution is 2.42. The Morgan fingerprint density at radius 3 is 2.02 bits per heavy atom. The minimum Gasteiger partial charge on any atom is -0.507 e. The van der Waals surface area contributed by atoms with Gasteiger partial charge in [0.05, 0.1) is 16.8 Å². The van der Waals surface area contributed by atoms with Gasteiger partial charge in [-0.3, -0.25) is 14.5 Å². The molecule has 0 saturated heterocycles. The zero-order valence-electron chi connectivity index (χ0n) is 27.0. The van der Waals surface area contributed by atoms with Crippen molar-refractivity contribution in [3.63, 3.8) is 0 Å². The van der Waals surface area contributed by atoms with E-state index in [1.54, 1.807) is 24.3 Å². The van der Waals surface area contributed by atoms with Crippen LogP contribution in [0.4, 0.5) is 5.69 Å². The van der Waals surface area contributed by atoms with Crippen LogP contribution in [0.2, 0.25) is 0 Å². The van der Waals surface area contributed by atoms with Crippen molar-refractivity contribution < 1.29 is 19.4 Å². The first-order valence-corrected chi connectivity index (χ1v) is 15.8. The molecule has 0 aromatic heterocycles. The molecule has 6 heteroatoms. The van der Waals surface area contributed by atoms with E-state index in [4.69, 9.17) is 10.5 Å². The van der Waals surface area contributed by atoms with Crippen LogP contribution in [0.5, 0.6) is 17.2 Å². The van der Waals surface area contributed by atoms with Gasteiger partial charge < -0.3 is 15.6 Å². The molecule has 0 atom stereocenters. The average molecular weight is 605 g/mol. The van der Waals surface area contributed by atoms with Crippen LogP contribution in [0.3, 0.4) is 0 Å². The molecule has 0 heterocycles. The molecule has 0 saturated carbocycles. The Labute approximate surface area is 266 Å². The molecular weight excluding hydrogens is 560 g/mol. The lowest BCUT2D eigenvalue weighted by Gasteiger charge is -2.44. The first-order valence-electron chi connectivity index (χ1n) is 15.8. The Bertz CT molecular complexity index is 1690. The van der Waals surface area contributed by atoms with Gasteiger partial charge >= 0.3 is 0 Å². The molecule has 6 nitrogen and oxygen atoms in total. The van der Waals surface area contributed by atoms with Crippen LogP contribution in [0.15, 0.2) is 84.9 Å². The number of fused-ring (bicyclic) bond motifs is 2. The maximum absolute atomic E-state index is 13.3. The Morgan fingerprint density at radius 2 is 1.40 bits per heavy atom. The number of benzene rings is 4. The fraction of sp³-hybridized carbons (Fsp3) is 0.333. The molecule has 3 N–H and O–H groups in total. The van der Waals surface area contributed by atoms with Crippen molar-refractivity contribution in [3.8, 4) is 17.2 Å². The number of hydrogen-bond acceptors (Lipinski definition) is 6. The van der Waals surface area contributed by atoms with Crippen LogP contribution in [-0.4, -0.2) is 33.7 Å². The van der Waals surface area contributed by atoms with Gasteiger partial charge in [0.25, 0.3) is 0 Å². The Morgan fingerprint density at radius 1 is 0.800 bits per heavy atom. The topological polar surface area (TPSA) is 92.9 Å². The van der Waals surface area contributed by atoms with Crippen molar-refractivity contribution in [2.45, 2.75) is 72.4 Å². The highest BCUT2D eigenvalue weighted by Gasteiger charge is 2.36. The molecule has 4 aromatic rings. The van der Waals surface area contributed by atoms with Crippen LogP contribution in [0.25, 0.3) is 0 Å². The van der Waals surface area contributed by atoms with E-state index in [0.29, 0.717) is 5.75 Å². The number of carbonyl (C=O) groups excluding carboxylic acids is 2. The third kappa shape index (κ3) is 6.97. The summed E-state index contributed by atoms with van der Waals surface area (Å²) in [4.78, 5) is 29.0. The van der Waals surface area contributed by atoms with E-state index < -0.39 is 11.6 Å². The van der Waals surface area contributed by atoms with Crippen molar-refractivity contribution in [1.29, 1.82) is 0 Å². The summed E-state index contributed by atoms with van der Waals surface area (Å²) in [7, 11) is 0. The van der Waals surface area contributed by atoms with Gasteiger partial charge in [-0.25, -0.2) is 0 Å². The minimum absolute atomic E-state index is 0.00285. The number of phenolic OH excluding ortho intramolecular Hbond substituents is 1. The summed E-state index contributed by atoms with van der Waals surface area (Å²) < 4.78 is 6.06. The van der Waals surface area contributed by atoms with Crippen LogP contribution in [0.1, 0.15) is 96.9 Å². The van der Waals surface area contributed by atoms with E-state index in [0.717, 1.165) is 25.9 Å². The summed E-state index contributed by atoms with van der Waals surface area (Å²) >= 11 is 0. The predicted molar refractivity (Wildman–Crippen MR) is 180 cm³/mol. The largest absolute Gasteiger partial charge is 0.507 e. The molecule has 4 aromatic carbocycles. The molecule has 234 valence electrons. The number of ether oxygens (including phenoxy) is 1. The third-order valence-corrected chi connectivity index (χ3v) is 8.91. The second kappa shape index (κ2) is 12.9. The van der Waals surface area contributed by atoms with Gasteiger partial charge in [-0.2, -0.15) is 0 Å². The maximum atomic E-state index is 13.3. The molecule has 0 aliphatic heterocycles. The number of nitrogen functional groups attached to an aromatic ring is 1. The SMILES string of the molecule is CCCC(C)(C)CC(C)(C)N(CCc1ccc(Oc2cc(O)c3c(c2N)C(=O)c2ccccc2C3=O)cc1)Cc1ccccc1. The second-order valence-corrected chi connectivity index (χ2v) is 13.6. The standard InChI is InChI=1S/C39H44N2O4/c1-6-21-38(2,3)25-39(4,5)41(24-27-12-8-7-9-13-27)22-20-26-16-18-28(19-17-26)45-32-23-31(42)33-34(35(32)40)37(44)30-15-11-10-14-29(30)36(33)43/h7-19,23,42H,6,20-22,24-25,40H2,1-5H3. The van der Waals surface area contributed by atoms with Crippen LogP contribution >= 0.6 is 0 Å². The highest BCUT2D eigenvalue weighted by atomic mass is 16.5. The van der Waals surface area contributed by atoms with Gasteiger partial charge in [-0.15, -0.1) is 0 Å². The smallest absolute Gasteiger partial charge is 0.198 e. The van der Waals surface area contributed by atoms with Crippen LogP contribution < -0.4 is 10.5 Å². The van der Waals surface area contributed by atoms with E-state index in [1.165, 1.54) is 30.0 Å². The normalized spacial score (nSPS) is 13.1. The first-order chi connectivity index (χ1) is 21.4. The van der Waals surface area contributed by atoms with E-state index >= 15 is 0 Å². The number of anilines is 1. The van der Waals surface area contributed by atoms with E-state index in [9.17, 15) is 14.7 Å². The van der Waals surface area contributed by atoms with E-state index in [-0.39, 0.29) is 50.4 Å². The molecular formula is C39H44N2O4. The number of aromatic hydroxyl groups is 1. The quantitative estimate of drug-likeness (QED) is 0.109. The van der Waals surface area contributed by atoms with Gasteiger partial charge in [0.2, 0.25) is 0 Å². The van der Waals surface area contributed by atoms with Crippen molar-refractivity contribution in [2.75, 3.05) is 12.3 Å². The van der Waals surface area contributed by atoms with Crippen molar-refractivity contribution in [3.05, 3.63) is 118 Å². The monoisotopic (exact) mass is 604 g/mol. The average Bonchev–Trinajstić information content (AvgIpc) is 3.00. The van der Waals surface area contributed by atoms with E-state index in [2.05, 4.69) is 69.9 Å². The number of hydrogen-bond donors (Lipinski definition) is 2.